The molecule has 0 aliphatic heterocycles. The highest BCUT2D eigenvalue weighted by Gasteiger charge is 2.04. The van der Waals surface area contributed by atoms with Crippen molar-refractivity contribution in [3.63, 3.8) is 0 Å². The highest BCUT2D eigenvalue weighted by Crippen LogP contribution is 2.18. The van der Waals surface area contributed by atoms with E-state index in [0.717, 1.165) is 14.7 Å². The fourth-order valence-corrected chi connectivity index (χ4v) is 1.31. The minimum atomic E-state index is 0.986. The normalized spacial score (nSPS) is 10.1. The van der Waals surface area contributed by atoms with Crippen molar-refractivity contribution >= 4 is 45.3 Å². The highest BCUT2D eigenvalue weighted by molar-refractivity contribution is 9.13. The Kier molecular flexibility index (Phi) is 2.01. The average Bonchev–Trinajstić information content (AvgIpc) is 1.98. The van der Waals surface area contributed by atoms with Crippen LogP contribution in [0, 0.1) is 0 Å². The van der Waals surface area contributed by atoms with Crippen LogP contribution in [0.15, 0.2) is 9.08 Å². The zero-order valence-corrected chi connectivity index (χ0v) is 8.32. The van der Waals surface area contributed by atoms with Crippen LogP contribution >= 0.6 is 31.9 Å². The third kappa shape index (κ3) is 1.21. The van der Waals surface area contributed by atoms with E-state index in [-0.39, 0.29) is 0 Å². The molecule has 0 saturated carbocycles. The molecule has 0 aromatic carbocycles. The van der Waals surface area contributed by atoms with Crippen LogP contribution in [0.1, 0.15) is 0 Å². The second kappa shape index (κ2) is 2.46. The maximum absolute atomic E-state index is 4.13. The zero-order valence-electron chi connectivity index (χ0n) is 5.15. The molecule has 2 nitrogen and oxygen atoms in total. The third-order valence-electron chi connectivity index (χ3n) is 1.08. The summed E-state index contributed by atoms with van der Waals surface area (Å²) in [6.45, 7) is 0. The summed E-state index contributed by atoms with van der Waals surface area (Å²) in [6.07, 6.45) is 0. The van der Waals surface area contributed by atoms with E-state index in [4.69, 9.17) is 0 Å². The lowest BCUT2D eigenvalue weighted by molar-refractivity contribution is 0.756. The van der Waals surface area contributed by atoms with Crippen molar-refractivity contribution in [2.45, 2.75) is 0 Å². The SMILES string of the molecule is Bc1nn(C)c(Br)c1Br. The molecule has 9 heavy (non-hydrogen) atoms. The van der Waals surface area contributed by atoms with E-state index in [0.29, 0.717) is 0 Å². The van der Waals surface area contributed by atoms with Gasteiger partial charge in [-0.1, -0.05) is 0 Å². The molecule has 1 rings (SSSR count). The maximum atomic E-state index is 4.13. The lowest BCUT2D eigenvalue weighted by Gasteiger charge is -1.87. The summed E-state index contributed by atoms with van der Waals surface area (Å²) in [7, 11) is 3.84. The number of aryl methyl sites for hydroxylation is 1. The summed E-state index contributed by atoms with van der Waals surface area (Å²) in [5.41, 5.74) is 1.00. The zero-order chi connectivity index (χ0) is 7.02. The largest absolute Gasteiger partial charge is 0.261 e. The summed E-state index contributed by atoms with van der Waals surface area (Å²) in [5, 5.41) is 4.13. The topological polar surface area (TPSA) is 17.8 Å². The fraction of sp³-hybridized carbons (Fsp3) is 0.250. The van der Waals surface area contributed by atoms with Gasteiger partial charge in [-0.3, -0.25) is 4.68 Å². The molecular weight excluding hydrogens is 247 g/mol. The second-order valence-corrected chi connectivity index (χ2v) is 3.36. The minimum absolute atomic E-state index is 0.986. The summed E-state index contributed by atoms with van der Waals surface area (Å²) in [6, 6.07) is 0. The summed E-state index contributed by atoms with van der Waals surface area (Å²) >= 11 is 6.72. The first-order valence-corrected chi connectivity index (χ1v) is 4.06. The Bertz CT molecular complexity index is 210. The van der Waals surface area contributed by atoms with E-state index in [1.54, 1.807) is 4.68 Å². The highest BCUT2D eigenvalue weighted by atomic mass is 79.9. The molecule has 5 heteroatoms. The molecule has 0 amide bonds. The standard InChI is InChI=1S/C4H5BBr2N2/c1-9-4(7)2(6)3(5)8-9/h5H2,1H3. The summed E-state index contributed by atoms with van der Waals surface area (Å²) in [5.74, 6) is 0. The van der Waals surface area contributed by atoms with Gasteiger partial charge in [-0.25, -0.2) is 0 Å². The number of halogens is 2. The Hall–Kier alpha value is 0.235. The first-order chi connectivity index (χ1) is 4.13. The first kappa shape index (κ1) is 7.34. The molecule has 0 fully saturated rings. The molecular formula is C4H5BBr2N2. The molecule has 0 aliphatic carbocycles. The predicted octanol–water partition coefficient (Wildman–Crippen LogP) is 0.203. The second-order valence-electron chi connectivity index (χ2n) is 1.81. The number of rotatable bonds is 0. The van der Waals surface area contributed by atoms with Gasteiger partial charge in [0.1, 0.15) is 4.60 Å². The van der Waals surface area contributed by atoms with Crippen molar-refractivity contribution in [1.82, 2.24) is 9.78 Å². The monoisotopic (exact) mass is 250 g/mol. The van der Waals surface area contributed by atoms with Gasteiger partial charge in [0.15, 0.2) is 7.85 Å². The number of hydrogen-bond donors (Lipinski definition) is 0. The van der Waals surface area contributed by atoms with Crippen LogP contribution in [0.4, 0.5) is 0 Å². The molecule has 1 heterocycles. The average molecular weight is 252 g/mol. The predicted molar refractivity (Wildman–Crippen MR) is 46.8 cm³/mol. The summed E-state index contributed by atoms with van der Waals surface area (Å²) < 4.78 is 3.80. The molecule has 1 aromatic rings. The fourth-order valence-electron chi connectivity index (χ4n) is 0.604. The van der Waals surface area contributed by atoms with Crippen LogP contribution < -0.4 is 5.59 Å². The van der Waals surface area contributed by atoms with Gasteiger partial charge in [-0.15, -0.1) is 0 Å². The molecule has 0 radical (unpaired) electrons. The Morgan fingerprint density at radius 2 is 2.11 bits per heavy atom. The lowest BCUT2D eigenvalue weighted by atomic mass is 10.1. The molecule has 0 saturated heterocycles. The van der Waals surface area contributed by atoms with Crippen molar-refractivity contribution in [3.05, 3.63) is 9.08 Å². The van der Waals surface area contributed by atoms with Gasteiger partial charge in [0.25, 0.3) is 0 Å². The van der Waals surface area contributed by atoms with E-state index in [9.17, 15) is 0 Å². The first-order valence-electron chi connectivity index (χ1n) is 2.47. The van der Waals surface area contributed by atoms with Crippen molar-refractivity contribution in [1.29, 1.82) is 0 Å². The maximum Gasteiger partial charge on any atom is 0.168 e. The summed E-state index contributed by atoms with van der Waals surface area (Å²) in [4.78, 5) is 0. The van der Waals surface area contributed by atoms with Crippen LogP contribution in [-0.2, 0) is 7.05 Å². The molecule has 48 valence electrons. The molecule has 1 aromatic heterocycles. The Morgan fingerprint density at radius 3 is 2.22 bits per heavy atom. The van der Waals surface area contributed by atoms with Crippen LogP contribution in [0.25, 0.3) is 0 Å². The van der Waals surface area contributed by atoms with E-state index >= 15 is 0 Å². The smallest absolute Gasteiger partial charge is 0.168 e. The van der Waals surface area contributed by atoms with Crippen molar-refractivity contribution in [2.24, 2.45) is 7.05 Å². The Balaban J connectivity index is 3.29. The van der Waals surface area contributed by atoms with E-state index < -0.39 is 0 Å². The molecule has 0 spiro atoms. The number of nitrogens with zero attached hydrogens (tertiary/aromatic N) is 2. The van der Waals surface area contributed by atoms with Crippen LogP contribution in [0.5, 0.6) is 0 Å². The van der Waals surface area contributed by atoms with Gasteiger partial charge in [0.2, 0.25) is 0 Å². The molecule has 0 N–H and O–H groups in total. The third-order valence-corrected chi connectivity index (χ3v) is 3.47. The van der Waals surface area contributed by atoms with Gasteiger partial charge in [0.05, 0.1) is 4.47 Å². The Labute approximate surface area is 71.3 Å². The van der Waals surface area contributed by atoms with E-state index in [2.05, 4.69) is 37.0 Å². The van der Waals surface area contributed by atoms with Crippen molar-refractivity contribution in [3.8, 4) is 0 Å². The van der Waals surface area contributed by atoms with Gasteiger partial charge in [0, 0.05) is 12.6 Å². The minimum Gasteiger partial charge on any atom is -0.261 e. The van der Waals surface area contributed by atoms with Gasteiger partial charge in [-0.05, 0) is 31.9 Å². The number of aromatic nitrogens is 2. The van der Waals surface area contributed by atoms with Crippen molar-refractivity contribution in [2.75, 3.05) is 0 Å². The molecule has 0 aliphatic rings. The number of hydrogen-bond acceptors (Lipinski definition) is 1. The van der Waals surface area contributed by atoms with E-state index in [1.807, 2.05) is 14.9 Å². The molecule has 0 atom stereocenters. The van der Waals surface area contributed by atoms with Crippen LogP contribution in [-0.4, -0.2) is 17.6 Å². The lowest BCUT2D eigenvalue weighted by Crippen LogP contribution is -2.06. The van der Waals surface area contributed by atoms with Crippen LogP contribution in [0.3, 0.4) is 0 Å². The van der Waals surface area contributed by atoms with E-state index in [1.165, 1.54) is 0 Å². The quantitative estimate of drug-likeness (QED) is 0.603. The van der Waals surface area contributed by atoms with Crippen molar-refractivity contribution < 1.29 is 0 Å². The molecule has 0 unspecified atom stereocenters. The molecule has 0 bridgehead atoms. The van der Waals surface area contributed by atoms with Crippen LogP contribution in [0.2, 0.25) is 0 Å². The van der Waals surface area contributed by atoms with Gasteiger partial charge in [-0.2, -0.15) is 5.10 Å². The Morgan fingerprint density at radius 1 is 1.56 bits per heavy atom. The van der Waals surface area contributed by atoms with Gasteiger partial charge >= 0.3 is 0 Å². The van der Waals surface area contributed by atoms with Gasteiger partial charge < -0.3 is 0 Å².